The maximum absolute atomic E-state index is 12.5. The van der Waals surface area contributed by atoms with E-state index in [2.05, 4.69) is 10.0 Å². The van der Waals surface area contributed by atoms with Crippen molar-refractivity contribution in [2.45, 2.75) is 4.90 Å². The van der Waals surface area contributed by atoms with Crippen LogP contribution >= 0.6 is 0 Å². The van der Waals surface area contributed by atoms with Crippen LogP contribution in [0.15, 0.2) is 53.4 Å². The molecular formula is C16H15N3O4S. The lowest BCUT2D eigenvalue weighted by molar-refractivity contribution is 0.0945. The van der Waals surface area contributed by atoms with Gasteiger partial charge in [-0.3, -0.25) is 9.52 Å². The smallest absolute Gasteiger partial charge is 0.261 e. The third kappa shape index (κ3) is 4.10. The number of benzene rings is 2. The molecule has 1 amide bonds. The van der Waals surface area contributed by atoms with Crippen molar-refractivity contribution in [2.75, 3.05) is 17.9 Å². The average molecular weight is 345 g/mol. The number of para-hydroxylation sites is 1. The van der Waals surface area contributed by atoms with Crippen LogP contribution in [0.1, 0.15) is 15.9 Å². The zero-order valence-electron chi connectivity index (χ0n) is 12.6. The quantitative estimate of drug-likeness (QED) is 0.724. The van der Waals surface area contributed by atoms with E-state index in [4.69, 9.17) is 10.4 Å². The maximum atomic E-state index is 12.5. The number of nitrogens with one attached hydrogen (secondary N) is 2. The number of anilines is 1. The summed E-state index contributed by atoms with van der Waals surface area (Å²) in [7, 11) is -3.95. The molecule has 8 heteroatoms. The number of nitrogens with zero attached hydrogens (tertiary/aromatic N) is 1. The molecule has 7 nitrogen and oxygen atoms in total. The number of carbonyl (C=O) groups is 1. The molecule has 0 heterocycles. The summed E-state index contributed by atoms with van der Waals surface area (Å²) in [6, 6.07) is 13.6. The van der Waals surface area contributed by atoms with Crippen LogP contribution in [0.4, 0.5) is 5.69 Å². The predicted molar refractivity (Wildman–Crippen MR) is 87.8 cm³/mol. The summed E-state index contributed by atoms with van der Waals surface area (Å²) in [5.74, 6) is -0.506. The summed E-state index contributed by atoms with van der Waals surface area (Å²) in [5.41, 5.74) is 0.452. The Labute approximate surface area is 139 Å². The Balaban J connectivity index is 2.33. The molecule has 0 aliphatic heterocycles. The van der Waals surface area contributed by atoms with Crippen molar-refractivity contribution in [1.29, 1.82) is 5.26 Å². The van der Waals surface area contributed by atoms with E-state index in [-0.39, 0.29) is 34.9 Å². The lowest BCUT2D eigenvalue weighted by atomic mass is 10.2. The van der Waals surface area contributed by atoms with E-state index < -0.39 is 15.9 Å². The van der Waals surface area contributed by atoms with Gasteiger partial charge >= 0.3 is 0 Å². The molecule has 0 fully saturated rings. The van der Waals surface area contributed by atoms with E-state index in [1.54, 1.807) is 12.1 Å². The zero-order valence-corrected chi connectivity index (χ0v) is 13.4. The van der Waals surface area contributed by atoms with Crippen molar-refractivity contribution >= 4 is 21.6 Å². The maximum Gasteiger partial charge on any atom is 0.261 e. The predicted octanol–water partition coefficient (Wildman–Crippen LogP) is 1.08. The van der Waals surface area contributed by atoms with Crippen molar-refractivity contribution in [2.24, 2.45) is 0 Å². The van der Waals surface area contributed by atoms with Gasteiger partial charge in [0.1, 0.15) is 0 Å². The molecule has 0 saturated heterocycles. The minimum Gasteiger partial charge on any atom is -0.395 e. The van der Waals surface area contributed by atoms with Crippen LogP contribution < -0.4 is 10.0 Å². The van der Waals surface area contributed by atoms with E-state index in [0.717, 1.165) is 0 Å². The summed E-state index contributed by atoms with van der Waals surface area (Å²) < 4.78 is 27.3. The van der Waals surface area contributed by atoms with Gasteiger partial charge in [0.15, 0.2) is 0 Å². The first-order chi connectivity index (χ1) is 11.5. The van der Waals surface area contributed by atoms with Crippen LogP contribution in [0.5, 0.6) is 0 Å². The van der Waals surface area contributed by atoms with Crippen LogP contribution in [-0.2, 0) is 10.0 Å². The first-order valence-corrected chi connectivity index (χ1v) is 8.47. The van der Waals surface area contributed by atoms with Gasteiger partial charge < -0.3 is 10.4 Å². The monoisotopic (exact) mass is 345 g/mol. The summed E-state index contributed by atoms with van der Waals surface area (Å²) >= 11 is 0. The molecule has 0 aromatic heterocycles. The number of amides is 1. The molecular weight excluding hydrogens is 330 g/mol. The van der Waals surface area contributed by atoms with Crippen LogP contribution in [0.2, 0.25) is 0 Å². The van der Waals surface area contributed by atoms with Gasteiger partial charge in [0.2, 0.25) is 0 Å². The summed E-state index contributed by atoms with van der Waals surface area (Å²) in [5, 5.41) is 20.1. The zero-order chi connectivity index (χ0) is 17.6. The highest BCUT2D eigenvalue weighted by Crippen LogP contribution is 2.20. The Morgan fingerprint density at radius 2 is 1.92 bits per heavy atom. The van der Waals surface area contributed by atoms with Crippen LogP contribution in [0.3, 0.4) is 0 Å². The van der Waals surface area contributed by atoms with Gasteiger partial charge in [-0.1, -0.05) is 18.2 Å². The normalized spacial score (nSPS) is 10.7. The highest BCUT2D eigenvalue weighted by Gasteiger charge is 2.18. The molecule has 2 aromatic carbocycles. The number of nitriles is 1. The molecule has 3 N–H and O–H groups in total. The fraction of sp³-hybridized carbons (Fsp3) is 0.125. The summed E-state index contributed by atoms with van der Waals surface area (Å²) in [4.78, 5) is 12.0. The molecule has 0 spiro atoms. The van der Waals surface area contributed by atoms with Crippen LogP contribution in [0.25, 0.3) is 0 Å². The highest BCUT2D eigenvalue weighted by atomic mass is 32.2. The number of aliphatic hydroxyl groups is 1. The van der Waals surface area contributed by atoms with E-state index in [9.17, 15) is 13.2 Å². The standard InChI is InChI=1S/C16H15N3O4S/c17-11-12-4-3-5-13(10-12)24(22,23)19-15-7-2-1-6-14(15)16(21)18-8-9-20/h1-7,10,19-20H,8-9H2,(H,18,21). The number of hydrogen-bond acceptors (Lipinski definition) is 5. The summed E-state index contributed by atoms with van der Waals surface area (Å²) in [6.07, 6.45) is 0. The number of rotatable bonds is 6. The van der Waals surface area contributed by atoms with Gasteiger partial charge in [-0.15, -0.1) is 0 Å². The molecule has 0 aliphatic carbocycles. The number of hydrogen-bond donors (Lipinski definition) is 3. The molecule has 0 unspecified atom stereocenters. The molecule has 0 bridgehead atoms. The first kappa shape index (κ1) is 17.5. The molecule has 2 aromatic rings. The van der Waals surface area contributed by atoms with E-state index in [1.165, 1.54) is 36.4 Å². The van der Waals surface area contributed by atoms with E-state index >= 15 is 0 Å². The highest BCUT2D eigenvalue weighted by molar-refractivity contribution is 7.92. The molecule has 0 radical (unpaired) electrons. The molecule has 124 valence electrons. The van der Waals surface area contributed by atoms with Crippen molar-refractivity contribution in [3.63, 3.8) is 0 Å². The lowest BCUT2D eigenvalue weighted by Crippen LogP contribution is -2.27. The van der Waals surface area contributed by atoms with Gasteiger partial charge in [-0.25, -0.2) is 8.42 Å². The van der Waals surface area contributed by atoms with Crippen molar-refractivity contribution < 1.29 is 18.3 Å². The molecule has 24 heavy (non-hydrogen) atoms. The van der Waals surface area contributed by atoms with Gasteiger partial charge in [-0.05, 0) is 30.3 Å². The number of aliphatic hydroxyl groups excluding tert-OH is 1. The second-order valence-corrected chi connectivity index (χ2v) is 6.45. The third-order valence-corrected chi connectivity index (χ3v) is 4.45. The van der Waals surface area contributed by atoms with Crippen molar-refractivity contribution in [3.05, 3.63) is 59.7 Å². The number of sulfonamides is 1. The molecule has 0 saturated carbocycles. The minimum absolute atomic E-state index is 0.0597. The Bertz CT molecular complexity index is 888. The Kier molecular flexibility index (Phi) is 5.52. The first-order valence-electron chi connectivity index (χ1n) is 6.99. The molecule has 0 aliphatic rings. The third-order valence-electron chi connectivity index (χ3n) is 3.09. The van der Waals surface area contributed by atoms with Crippen LogP contribution in [0, 0.1) is 11.3 Å². The van der Waals surface area contributed by atoms with Gasteiger partial charge in [0.25, 0.3) is 15.9 Å². The summed E-state index contributed by atoms with van der Waals surface area (Å²) in [6.45, 7) is -0.162. The molecule has 0 atom stereocenters. The largest absolute Gasteiger partial charge is 0.395 e. The Morgan fingerprint density at radius 1 is 1.17 bits per heavy atom. The average Bonchev–Trinajstić information content (AvgIpc) is 2.60. The Hall–Kier alpha value is -2.89. The van der Waals surface area contributed by atoms with Gasteiger partial charge in [0.05, 0.1) is 34.4 Å². The Morgan fingerprint density at radius 3 is 2.62 bits per heavy atom. The van der Waals surface area contributed by atoms with Crippen molar-refractivity contribution in [3.8, 4) is 6.07 Å². The topological polar surface area (TPSA) is 119 Å². The second kappa shape index (κ2) is 7.59. The fourth-order valence-corrected chi connectivity index (χ4v) is 3.10. The number of carbonyl (C=O) groups excluding carboxylic acids is 1. The van der Waals surface area contributed by atoms with Crippen molar-refractivity contribution in [1.82, 2.24) is 5.32 Å². The van der Waals surface area contributed by atoms with E-state index in [0.29, 0.717) is 0 Å². The SMILES string of the molecule is N#Cc1cccc(S(=O)(=O)Nc2ccccc2C(=O)NCCO)c1. The molecule has 2 rings (SSSR count). The lowest BCUT2D eigenvalue weighted by Gasteiger charge is -2.12. The second-order valence-electron chi connectivity index (χ2n) is 4.77. The van der Waals surface area contributed by atoms with E-state index in [1.807, 2.05) is 6.07 Å². The fourth-order valence-electron chi connectivity index (χ4n) is 1.97. The van der Waals surface area contributed by atoms with Gasteiger partial charge in [-0.2, -0.15) is 5.26 Å². The minimum atomic E-state index is -3.95. The van der Waals surface area contributed by atoms with Gasteiger partial charge in [0, 0.05) is 6.54 Å². The van der Waals surface area contributed by atoms with Crippen LogP contribution in [-0.4, -0.2) is 32.6 Å².